The van der Waals surface area contributed by atoms with Gasteiger partial charge < -0.3 is 9.42 Å². The molecule has 1 atom stereocenters. The Kier molecular flexibility index (Phi) is 4.04. The first-order valence-electron chi connectivity index (χ1n) is 8.50. The van der Waals surface area contributed by atoms with Crippen LogP contribution in [0.3, 0.4) is 0 Å². The van der Waals surface area contributed by atoms with Crippen LogP contribution >= 0.6 is 0 Å². The van der Waals surface area contributed by atoms with Crippen molar-refractivity contribution in [3.8, 4) is 0 Å². The summed E-state index contributed by atoms with van der Waals surface area (Å²) in [6.45, 7) is 9.77. The number of piperazine rings is 1. The lowest BCUT2D eigenvalue weighted by Crippen LogP contribution is -2.47. The number of hydrogen-bond donors (Lipinski definition) is 0. The van der Waals surface area contributed by atoms with Crippen LogP contribution in [0.4, 0.5) is 5.82 Å². The van der Waals surface area contributed by atoms with Gasteiger partial charge in [-0.05, 0) is 29.5 Å². The van der Waals surface area contributed by atoms with E-state index < -0.39 is 0 Å². The van der Waals surface area contributed by atoms with E-state index in [4.69, 9.17) is 4.52 Å². The van der Waals surface area contributed by atoms with Crippen molar-refractivity contribution < 1.29 is 4.52 Å². The maximum absolute atomic E-state index is 5.44. The van der Waals surface area contributed by atoms with Crippen molar-refractivity contribution >= 4 is 11.5 Å². The molecule has 0 N–H and O–H groups in total. The van der Waals surface area contributed by atoms with Gasteiger partial charge in [-0.15, -0.1) is 14.8 Å². The zero-order chi connectivity index (χ0) is 17.4. The van der Waals surface area contributed by atoms with Gasteiger partial charge in [-0.2, -0.15) is 4.98 Å². The van der Waals surface area contributed by atoms with E-state index in [1.807, 2.05) is 12.1 Å². The van der Waals surface area contributed by atoms with Crippen LogP contribution in [0.2, 0.25) is 0 Å². The highest BCUT2D eigenvalue weighted by atomic mass is 16.5. The predicted octanol–water partition coefficient (Wildman–Crippen LogP) is 0.909. The molecule has 0 aliphatic carbocycles. The van der Waals surface area contributed by atoms with Gasteiger partial charge in [-0.3, -0.25) is 4.90 Å². The van der Waals surface area contributed by atoms with Gasteiger partial charge in [0.05, 0.1) is 6.04 Å². The maximum Gasteiger partial charge on any atom is 0.243 e. The van der Waals surface area contributed by atoms with Crippen molar-refractivity contribution in [1.29, 1.82) is 0 Å². The fraction of sp³-hybridized carbons (Fsp3) is 0.600. The summed E-state index contributed by atoms with van der Waals surface area (Å²) in [5, 5.41) is 19.9. The molecule has 1 fully saturated rings. The predicted molar refractivity (Wildman–Crippen MR) is 89.2 cm³/mol. The van der Waals surface area contributed by atoms with Gasteiger partial charge in [0, 0.05) is 32.1 Å². The van der Waals surface area contributed by atoms with E-state index in [1.165, 1.54) is 4.63 Å². The Bertz CT molecular complexity index is 849. The van der Waals surface area contributed by atoms with E-state index in [9.17, 15) is 0 Å². The summed E-state index contributed by atoms with van der Waals surface area (Å²) >= 11 is 0. The molecule has 132 valence electrons. The largest absolute Gasteiger partial charge is 0.353 e. The summed E-state index contributed by atoms with van der Waals surface area (Å²) in [4.78, 5) is 9.10. The highest BCUT2D eigenvalue weighted by Crippen LogP contribution is 2.23. The zero-order valence-electron chi connectivity index (χ0n) is 14.6. The Morgan fingerprint density at radius 2 is 1.88 bits per heavy atom. The van der Waals surface area contributed by atoms with Crippen LogP contribution in [0, 0.1) is 0 Å². The molecule has 0 amide bonds. The molecule has 1 aliphatic heterocycles. The number of fused-ring (bicyclic) bond motifs is 1. The molecule has 0 spiro atoms. The van der Waals surface area contributed by atoms with Gasteiger partial charge in [-0.25, -0.2) is 0 Å². The molecule has 1 aliphatic rings. The molecule has 0 unspecified atom stereocenters. The smallest absolute Gasteiger partial charge is 0.243 e. The molecule has 0 bridgehead atoms. The second-order valence-corrected chi connectivity index (χ2v) is 6.56. The Morgan fingerprint density at radius 1 is 1.08 bits per heavy atom. The average Bonchev–Trinajstić information content (AvgIpc) is 3.30. The Labute approximate surface area is 144 Å². The highest BCUT2D eigenvalue weighted by Gasteiger charge is 2.26. The topological polar surface area (TPSA) is 101 Å². The molecule has 4 rings (SSSR count). The van der Waals surface area contributed by atoms with Gasteiger partial charge in [0.25, 0.3) is 0 Å². The standard InChI is InChI=1S/C15H21N9O/c1-10(2)14-16-15(25-19-14)11(3)22-6-8-23(9-7-22)13-5-4-12-17-20-21-24(12)18-13/h4-5,10-11H,6-9H2,1-3H3/t11-/m1/s1. The summed E-state index contributed by atoms with van der Waals surface area (Å²) in [6, 6.07) is 3.94. The third kappa shape index (κ3) is 3.04. The first-order chi connectivity index (χ1) is 12.1. The monoisotopic (exact) mass is 343 g/mol. The number of aromatic nitrogens is 7. The highest BCUT2D eigenvalue weighted by molar-refractivity contribution is 5.44. The Morgan fingerprint density at radius 3 is 2.60 bits per heavy atom. The summed E-state index contributed by atoms with van der Waals surface area (Å²) in [5.41, 5.74) is 0.647. The molecule has 3 aromatic heterocycles. The third-order valence-corrected chi connectivity index (χ3v) is 4.57. The minimum atomic E-state index is 0.108. The summed E-state index contributed by atoms with van der Waals surface area (Å²) in [6.07, 6.45) is 0. The van der Waals surface area contributed by atoms with Gasteiger partial charge in [0.15, 0.2) is 17.3 Å². The normalized spacial score (nSPS) is 17.5. The van der Waals surface area contributed by atoms with Gasteiger partial charge in [-0.1, -0.05) is 19.0 Å². The summed E-state index contributed by atoms with van der Waals surface area (Å²) in [7, 11) is 0. The zero-order valence-corrected chi connectivity index (χ0v) is 14.6. The minimum Gasteiger partial charge on any atom is -0.353 e. The van der Waals surface area contributed by atoms with Gasteiger partial charge in [0.2, 0.25) is 5.89 Å². The van der Waals surface area contributed by atoms with E-state index in [0.717, 1.165) is 37.8 Å². The van der Waals surface area contributed by atoms with Crippen molar-refractivity contribution in [2.45, 2.75) is 32.7 Å². The fourth-order valence-corrected chi connectivity index (χ4v) is 2.95. The molecule has 1 saturated heterocycles. The lowest BCUT2D eigenvalue weighted by molar-refractivity contribution is 0.164. The van der Waals surface area contributed by atoms with Crippen molar-refractivity contribution in [2.24, 2.45) is 0 Å². The van der Waals surface area contributed by atoms with Crippen molar-refractivity contribution in [1.82, 2.24) is 40.3 Å². The van der Waals surface area contributed by atoms with Gasteiger partial charge >= 0.3 is 0 Å². The summed E-state index contributed by atoms with van der Waals surface area (Å²) < 4.78 is 6.89. The second kappa shape index (κ2) is 6.36. The van der Waals surface area contributed by atoms with E-state index >= 15 is 0 Å². The SMILES string of the molecule is CC(C)c1noc([C@@H](C)N2CCN(c3ccc4nnnn4n3)CC2)n1. The fourth-order valence-electron chi connectivity index (χ4n) is 2.95. The quantitative estimate of drug-likeness (QED) is 0.684. The van der Waals surface area contributed by atoms with Crippen LogP contribution < -0.4 is 4.90 Å². The molecule has 0 saturated carbocycles. The molecule has 0 aromatic carbocycles. The van der Waals surface area contributed by atoms with Crippen LogP contribution in [0.15, 0.2) is 16.7 Å². The van der Waals surface area contributed by atoms with E-state index in [1.54, 1.807) is 0 Å². The number of nitrogens with zero attached hydrogens (tertiary/aromatic N) is 9. The second-order valence-electron chi connectivity index (χ2n) is 6.56. The lowest BCUT2D eigenvalue weighted by atomic mass is 10.2. The van der Waals surface area contributed by atoms with Crippen LogP contribution in [0.25, 0.3) is 5.65 Å². The first kappa shape index (κ1) is 15.9. The van der Waals surface area contributed by atoms with Crippen molar-refractivity contribution in [2.75, 3.05) is 31.1 Å². The number of hydrogen-bond acceptors (Lipinski definition) is 9. The Hall–Kier alpha value is -2.62. The van der Waals surface area contributed by atoms with Crippen molar-refractivity contribution in [3.63, 3.8) is 0 Å². The molecule has 3 aromatic rings. The minimum absolute atomic E-state index is 0.108. The van der Waals surface area contributed by atoms with Crippen molar-refractivity contribution in [3.05, 3.63) is 23.8 Å². The van der Waals surface area contributed by atoms with E-state index in [2.05, 4.69) is 61.3 Å². The molecule has 25 heavy (non-hydrogen) atoms. The van der Waals surface area contributed by atoms with E-state index in [0.29, 0.717) is 11.5 Å². The number of tetrazole rings is 1. The third-order valence-electron chi connectivity index (χ3n) is 4.57. The van der Waals surface area contributed by atoms with Crippen LogP contribution in [-0.4, -0.2) is 66.5 Å². The number of anilines is 1. The molecule has 10 nitrogen and oxygen atoms in total. The molecule has 0 radical (unpaired) electrons. The summed E-state index contributed by atoms with van der Waals surface area (Å²) in [5.74, 6) is 2.60. The van der Waals surface area contributed by atoms with Crippen LogP contribution in [-0.2, 0) is 0 Å². The molecular formula is C15H21N9O. The Balaban J connectivity index is 1.41. The number of rotatable bonds is 4. The lowest BCUT2D eigenvalue weighted by Gasteiger charge is -2.37. The van der Waals surface area contributed by atoms with Crippen LogP contribution in [0.5, 0.6) is 0 Å². The molecular weight excluding hydrogens is 322 g/mol. The van der Waals surface area contributed by atoms with Gasteiger partial charge in [0.1, 0.15) is 0 Å². The van der Waals surface area contributed by atoms with Crippen LogP contribution in [0.1, 0.15) is 44.4 Å². The maximum atomic E-state index is 5.44. The molecule has 4 heterocycles. The first-order valence-corrected chi connectivity index (χ1v) is 8.50. The van der Waals surface area contributed by atoms with E-state index in [-0.39, 0.29) is 12.0 Å². The average molecular weight is 343 g/mol. The molecule has 10 heteroatoms.